The van der Waals surface area contributed by atoms with Crippen molar-refractivity contribution >= 4 is 28.5 Å². The SMILES string of the molecule is O=C(O)/C=C/CNC(=O)c1cn(C2CCNCC2)c2cc(NC3CCCCC3)c(F)cc2c1=O. The summed E-state index contributed by atoms with van der Waals surface area (Å²) in [6.45, 7) is 1.59. The van der Waals surface area contributed by atoms with Crippen LogP contribution >= 0.6 is 0 Å². The van der Waals surface area contributed by atoms with Gasteiger partial charge in [-0.1, -0.05) is 25.3 Å². The van der Waals surface area contributed by atoms with Crippen molar-refractivity contribution in [1.82, 2.24) is 15.2 Å². The molecule has 0 bridgehead atoms. The highest BCUT2D eigenvalue weighted by Crippen LogP contribution is 2.29. The Labute approximate surface area is 197 Å². The maximum absolute atomic E-state index is 15.1. The summed E-state index contributed by atoms with van der Waals surface area (Å²) in [4.78, 5) is 36.6. The van der Waals surface area contributed by atoms with Crippen LogP contribution in [0.1, 0.15) is 61.3 Å². The molecule has 1 aromatic carbocycles. The van der Waals surface area contributed by atoms with Gasteiger partial charge in [0.05, 0.1) is 11.2 Å². The molecule has 1 saturated heterocycles. The molecule has 2 heterocycles. The molecule has 0 radical (unpaired) electrons. The summed E-state index contributed by atoms with van der Waals surface area (Å²) in [5, 5.41) is 18.1. The van der Waals surface area contributed by atoms with E-state index in [0.29, 0.717) is 11.2 Å². The first-order valence-electron chi connectivity index (χ1n) is 12.0. The minimum atomic E-state index is -1.12. The van der Waals surface area contributed by atoms with E-state index in [9.17, 15) is 14.4 Å². The number of amides is 1. The molecule has 0 spiro atoms. The first kappa shape index (κ1) is 23.9. The third-order valence-electron chi connectivity index (χ3n) is 6.67. The maximum atomic E-state index is 15.1. The smallest absolute Gasteiger partial charge is 0.328 e. The first-order chi connectivity index (χ1) is 16.4. The predicted octanol–water partition coefficient (Wildman–Crippen LogP) is 3.18. The fraction of sp³-hybridized carbons (Fsp3) is 0.480. The van der Waals surface area contributed by atoms with Gasteiger partial charge in [0.15, 0.2) is 0 Å². The topological polar surface area (TPSA) is 112 Å². The number of hydrogen-bond acceptors (Lipinski definition) is 5. The molecular weight excluding hydrogens is 439 g/mol. The van der Waals surface area contributed by atoms with E-state index in [1.165, 1.54) is 18.6 Å². The Morgan fingerprint density at radius 2 is 1.88 bits per heavy atom. The van der Waals surface area contributed by atoms with Gasteiger partial charge in [-0.05, 0) is 50.9 Å². The minimum absolute atomic E-state index is 0.0332. The number of aromatic nitrogens is 1. The standard InChI is InChI=1S/C25H31FN4O4/c26-20-13-18-22(14-21(20)29-16-5-2-1-3-6-16)30(17-8-11-27-12-9-17)15-19(24(18)33)25(34)28-10-4-7-23(31)32/h4,7,13-17,27,29H,1-3,5-6,8-12H2,(H,28,34)(H,31,32)/b7-4+. The second-order valence-corrected chi connectivity index (χ2v) is 9.04. The van der Waals surface area contributed by atoms with Gasteiger partial charge in [-0.25, -0.2) is 9.18 Å². The highest BCUT2D eigenvalue weighted by Gasteiger charge is 2.23. The molecule has 1 aliphatic heterocycles. The molecule has 2 aromatic rings. The van der Waals surface area contributed by atoms with Crippen molar-refractivity contribution in [3.8, 4) is 0 Å². The summed E-state index contributed by atoms with van der Waals surface area (Å²) < 4.78 is 17.0. The van der Waals surface area contributed by atoms with E-state index in [-0.39, 0.29) is 29.6 Å². The van der Waals surface area contributed by atoms with E-state index < -0.39 is 23.1 Å². The molecule has 182 valence electrons. The lowest BCUT2D eigenvalue weighted by molar-refractivity contribution is -0.131. The first-order valence-corrected chi connectivity index (χ1v) is 12.0. The summed E-state index contributed by atoms with van der Waals surface area (Å²) in [6.07, 6.45) is 10.8. The van der Waals surface area contributed by atoms with Gasteiger partial charge in [-0.3, -0.25) is 9.59 Å². The minimum Gasteiger partial charge on any atom is -0.478 e. The Bertz CT molecular complexity index is 1150. The molecule has 1 amide bonds. The van der Waals surface area contributed by atoms with Crippen LogP contribution in [-0.4, -0.2) is 47.2 Å². The van der Waals surface area contributed by atoms with Crippen molar-refractivity contribution in [3.05, 3.63) is 52.1 Å². The van der Waals surface area contributed by atoms with Gasteiger partial charge in [0, 0.05) is 36.3 Å². The van der Waals surface area contributed by atoms with Crippen molar-refractivity contribution in [1.29, 1.82) is 0 Å². The van der Waals surface area contributed by atoms with Gasteiger partial charge < -0.3 is 25.6 Å². The molecule has 4 N–H and O–H groups in total. The number of carboxylic acid groups (broad SMARTS) is 1. The fourth-order valence-corrected chi connectivity index (χ4v) is 4.90. The van der Waals surface area contributed by atoms with E-state index in [1.54, 1.807) is 12.3 Å². The number of fused-ring (bicyclic) bond motifs is 1. The monoisotopic (exact) mass is 470 g/mol. The molecule has 2 fully saturated rings. The van der Waals surface area contributed by atoms with Gasteiger partial charge >= 0.3 is 5.97 Å². The molecule has 2 aliphatic rings. The Hall–Kier alpha value is -3.20. The highest BCUT2D eigenvalue weighted by atomic mass is 19.1. The van der Waals surface area contributed by atoms with E-state index in [1.807, 2.05) is 4.57 Å². The molecule has 8 nitrogen and oxygen atoms in total. The number of pyridine rings is 1. The van der Waals surface area contributed by atoms with Crippen molar-refractivity contribution in [3.63, 3.8) is 0 Å². The van der Waals surface area contributed by atoms with E-state index in [4.69, 9.17) is 5.11 Å². The molecule has 1 aromatic heterocycles. The predicted molar refractivity (Wildman–Crippen MR) is 129 cm³/mol. The van der Waals surface area contributed by atoms with Crippen LogP contribution in [0.25, 0.3) is 10.9 Å². The van der Waals surface area contributed by atoms with Crippen LogP contribution in [0.2, 0.25) is 0 Å². The van der Waals surface area contributed by atoms with E-state index >= 15 is 4.39 Å². The Morgan fingerprint density at radius 3 is 2.59 bits per heavy atom. The van der Waals surface area contributed by atoms with Gasteiger partial charge in [0.25, 0.3) is 5.91 Å². The van der Waals surface area contributed by atoms with Crippen molar-refractivity contribution in [2.45, 2.75) is 57.0 Å². The average molecular weight is 471 g/mol. The van der Waals surface area contributed by atoms with Crippen LogP contribution in [0.3, 0.4) is 0 Å². The second-order valence-electron chi connectivity index (χ2n) is 9.04. The largest absolute Gasteiger partial charge is 0.478 e. The second kappa shape index (κ2) is 10.8. The normalized spacial score (nSPS) is 17.8. The zero-order chi connectivity index (χ0) is 24.1. The van der Waals surface area contributed by atoms with Gasteiger partial charge in [0.2, 0.25) is 5.43 Å². The Morgan fingerprint density at radius 1 is 1.15 bits per heavy atom. The molecule has 4 rings (SSSR count). The lowest BCUT2D eigenvalue weighted by Crippen LogP contribution is -2.33. The molecule has 9 heteroatoms. The van der Waals surface area contributed by atoms with Crippen LogP contribution in [-0.2, 0) is 4.79 Å². The van der Waals surface area contributed by atoms with Gasteiger partial charge in [0.1, 0.15) is 11.4 Å². The summed E-state index contributed by atoms with van der Waals surface area (Å²) >= 11 is 0. The lowest BCUT2D eigenvalue weighted by atomic mass is 9.95. The summed E-state index contributed by atoms with van der Waals surface area (Å²) in [6, 6.07) is 3.22. The van der Waals surface area contributed by atoms with E-state index in [2.05, 4.69) is 16.0 Å². The summed E-state index contributed by atoms with van der Waals surface area (Å²) in [7, 11) is 0. The average Bonchev–Trinajstić information content (AvgIpc) is 2.84. The van der Waals surface area contributed by atoms with Crippen LogP contribution in [0.4, 0.5) is 10.1 Å². The summed E-state index contributed by atoms with van der Waals surface area (Å²) in [5.74, 6) is -2.25. The van der Waals surface area contributed by atoms with Crippen molar-refractivity contribution in [2.75, 3.05) is 25.0 Å². The van der Waals surface area contributed by atoms with Crippen LogP contribution in [0, 0.1) is 5.82 Å². The maximum Gasteiger partial charge on any atom is 0.328 e. The van der Waals surface area contributed by atoms with E-state index in [0.717, 1.165) is 57.7 Å². The number of hydrogen-bond donors (Lipinski definition) is 4. The number of carboxylic acids is 1. The fourth-order valence-electron chi connectivity index (χ4n) is 4.90. The number of benzene rings is 1. The number of anilines is 1. The molecule has 34 heavy (non-hydrogen) atoms. The van der Waals surface area contributed by atoms with Crippen LogP contribution in [0.5, 0.6) is 0 Å². The third kappa shape index (κ3) is 5.47. The van der Waals surface area contributed by atoms with Crippen LogP contribution in [0.15, 0.2) is 35.3 Å². The summed E-state index contributed by atoms with van der Waals surface area (Å²) in [5.41, 5.74) is 0.376. The number of rotatable bonds is 7. The Balaban J connectivity index is 1.73. The molecule has 0 unspecified atom stereocenters. The number of piperidine rings is 1. The lowest BCUT2D eigenvalue weighted by Gasteiger charge is -2.28. The number of nitrogens with zero attached hydrogens (tertiary/aromatic N) is 1. The number of carbonyl (C=O) groups is 2. The zero-order valence-electron chi connectivity index (χ0n) is 19.1. The van der Waals surface area contributed by atoms with Gasteiger partial charge in [-0.15, -0.1) is 0 Å². The number of halogens is 1. The molecule has 1 saturated carbocycles. The van der Waals surface area contributed by atoms with Crippen molar-refractivity contribution in [2.24, 2.45) is 0 Å². The Kier molecular flexibility index (Phi) is 7.62. The molecular formula is C25H31FN4O4. The van der Waals surface area contributed by atoms with Crippen molar-refractivity contribution < 1.29 is 19.1 Å². The number of aliphatic carboxylic acids is 1. The quantitative estimate of drug-likeness (QED) is 0.463. The zero-order valence-corrected chi connectivity index (χ0v) is 19.1. The van der Waals surface area contributed by atoms with Crippen LogP contribution < -0.4 is 21.4 Å². The number of nitrogens with one attached hydrogen (secondary N) is 3. The van der Waals surface area contributed by atoms with Gasteiger partial charge in [-0.2, -0.15) is 0 Å². The number of carbonyl (C=O) groups excluding carboxylic acids is 1. The molecule has 0 atom stereocenters. The third-order valence-corrected chi connectivity index (χ3v) is 6.67. The molecule has 1 aliphatic carbocycles. The highest BCUT2D eigenvalue weighted by molar-refractivity contribution is 5.98.